The SMILES string of the molecule is CP(c1ccccc1)c1ccccc1.[Au+].[Au].[CH2-][P+]([CH2-])(c1ccccc1)c1ccccc1.[CH2-][P+]([CH2-])(c1ccccc1)c1ccccc1.[O-][Cl+3]([O-])([O-])O.[O-][Cl+3]([O-])([O-])[O-]. The third kappa shape index (κ3) is 22.5. The van der Waals surface area contributed by atoms with E-state index >= 15 is 0 Å². The van der Waals surface area contributed by atoms with E-state index in [1.54, 1.807) is 0 Å². The number of rotatable bonds is 6. The topological polar surface area (TPSA) is 182 Å². The van der Waals surface area contributed by atoms with Gasteiger partial charge in [-0.2, -0.15) is 55.2 Å². The fraction of sp³-hybridized carbons (Fsp3) is 0.0244. The summed E-state index contributed by atoms with van der Waals surface area (Å²) in [6.07, 6.45) is 0. The molecule has 0 fully saturated rings. The summed E-state index contributed by atoms with van der Waals surface area (Å²) in [6, 6.07) is 62.7. The third-order valence-corrected chi connectivity index (χ3v) is 14.6. The number of hydrogen-bond donors (Lipinski definition) is 1. The van der Waals surface area contributed by atoms with Crippen molar-refractivity contribution >= 4 is 54.3 Å². The molecular weight excluding hydrogens is 1180 g/mol. The van der Waals surface area contributed by atoms with Crippen LogP contribution in [0, 0.1) is 47.1 Å². The van der Waals surface area contributed by atoms with E-state index in [1.165, 1.54) is 31.8 Å². The van der Waals surface area contributed by atoms with Crippen LogP contribution < -0.4 is 64.4 Å². The van der Waals surface area contributed by atoms with Gasteiger partial charge in [0.25, 0.3) is 0 Å². The Bertz CT molecular complexity index is 1630. The Hall–Kier alpha value is -1.65. The van der Waals surface area contributed by atoms with Gasteiger partial charge in [0.2, 0.25) is 0 Å². The molecule has 0 unspecified atom stereocenters. The molecule has 307 valence electrons. The molecule has 0 heterocycles. The van der Waals surface area contributed by atoms with Crippen LogP contribution in [0.3, 0.4) is 0 Å². The van der Waals surface area contributed by atoms with E-state index in [9.17, 15) is 0 Å². The molecule has 0 aliphatic rings. The molecule has 0 saturated carbocycles. The maximum atomic E-state index is 8.60. The van der Waals surface area contributed by atoms with E-state index in [2.05, 4.69) is 143 Å². The first-order valence-electron chi connectivity index (χ1n) is 15.8. The molecule has 56 heavy (non-hydrogen) atoms. The Kier molecular flexibility index (Phi) is 26.4. The second-order valence-electron chi connectivity index (χ2n) is 11.3. The monoisotopic (exact) mass is 1220 g/mol. The molecule has 0 saturated heterocycles. The van der Waals surface area contributed by atoms with E-state index < -0.39 is 35.0 Å². The van der Waals surface area contributed by atoms with Crippen LogP contribution in [0.1, 0.15) is 0 Å². The number of benzene rings is 6. The molecule has 1 radical (unpaired) electrons. The van der Waals surface area contributed by atoms with E-state index in [4.69, 9.17) is 37.3 Å². The molecule has 6 aromatic carbocycles. The molecule has 0 bridgehead atoms. The van der Waals surface area contributed by atoms with Crippen LogP contribution in [0.5, 0.6) is 0 Å². The maximum Gasteiger partial charge on any atom is 1.00 e. The minimum atomic E-state index is -4.94. The van der Waals surface area contributed by atoms with Crippen molar-refractivity contribution in [1.82, 2.24) is 0 Å². The molecule has 6 aromatic rings. The summed E-state index contributed by atoms with van der Waals surface area (Å²) in [5.41, 5.74) is 0. The molecule has 0 aliphatic carbocycles. The Morgan fingerprint density at radius 3 is 0.714 bits per heavy atom. The summed E-state index contributed by atoms with van der Waals surface area (Å²) in [5, 5.41) is 7.86. The second kappa shape index (κ2) is 27.2. The summed E-state index contributed by atoms with van der Waals surface area (Å²) in [6.45, 7) is 19.5. The maximum absolute atomic E-state index is 8.60. The van der Waals surface area contributed by atoms with Gasteiger partial charge >= 0.3 is 22.4 Å². The zero-order valence-electron chi connectivity index (χ0n) is 30.2. The van der Waals surface area contributed by atoms with Gasteiger partial charge < -0.3 is 0 Å². The largest absolute Gasteiger partial charge is 1.00 e. The van der Waals surface area contributed by atoms with E-state index in [1.807, 2.05) is 72.8 Å². The smallest absolute Gasteiger partial charge is 0.222 e. The van der Waals surface area contributed by atoms with Crippen LogP contribution in [0.15, 0.2) is 182 Å². The quantitative estimate of drug-likeness (QED) is 0.141. The van der Waals surface area contributed by atoms with Crippen molar-refractivity contribution in [3.63, 3.8) is 0 Å². The molecule has 0 aromatic heterocycles. The normalized spacial score (nSPS) is 10.8. The fourth-order valence-electron chi connectivity index (χ4n) is 4.60. The van der Waals surface area contributed by atoms with Gasteiger partial charge in [0.05, 0.1) is 14.9 Å². The molecule has 0 amide bonds. The zero-order valence-corrected chi connectivity index (χ0v) is 38.7. The van der Waals surface area contributed by atoms with Gasteiger partial charge in [-0.15, -0.1) is 10.2 Å². The van der Waals surface area contributed by atoms with Crippen molar-refractivity contribution in [2.24, 2.45) is 0 Å². The zero-order chi connectivity index (χ0) is 40.3. The van der Waals surface area contributed by atoms with Crippen molar-refractivity contribution in [3.8, 4) is 0 Å². The predicted octanol–water partition coefficient (Wildman–Crippen LogP) is 0.340. The standard InChI is InChI=1S/2C14H14P.C13H13P.2Au.2ClHO4/c2*1-15(2,13-9-5-3-6-10-13)14-11-7-4-8-12-14;1-14(12-8-4-2-5-9-12)13-10-6-3-7-11-13;;;2*2-1(3,4)5/h2*3-12H,1-2H2;2-11H,1H3;;;2*(H,2,3,4,5)/q2*-1;;;+1;;/p-1. The van der Waals surface area contributed by atoms with Gasteiger partial charge in [0, 0.05) is 43.6 Å². The van der Waals surface area contributed by atoms with Crippen LogP contribution in [0.25, 0.3) is 0 Å². The van der Waals surface area contributed by atoms with Crippen molar-refractivity contribution in [2.45, 2.75) is 0 Å². The number of halogens is 2. The van der Waals surface area contributed by atoms with Crippen molar-refractivity contribution < 1.29 is 103 Å². The predicted molar refractivity (Wildman–Crippen MR) is 207 cm³/mol. The fourth-order valence-corrected chi connectivity index (χ4v) is 9.71. The van der Waals surface area contributed by atoms with Crippen molar-refractivity contribution in [3.05, 3.63) is 209 Å². The molecule has 15 heteroatoms. The van der Waals surface area contributed by atoms with Crippen molar-refractivity contribution in [2.75, 3.05) is 6.66 Å². The minimum absolute atomic E-state index is 0. The van der Waals surface area contributed by atoms with Gasteiger partial charge in [0.15, 0.2) is 0 Å². The van der Waals surface area contributed by atoms with E-state index in [0.29, 0.717) is 0 Å². The summed E-state index contributed by atoms with van der Waals surface area (Å²) < 4.78 is 66.7. The van der Waals surface area contributed by atoms with Crippen LogP contribution in [-0.2, 0) is 44.8 Å². The third-order valence-electron chi connectivity index (χ3n) is 7.29. The summed E-state index contributed by atoms with van der Waals surface area (Å²) in [7, 11) is -13.1. The first-order chi connectivity index (χ1) is 25.3. The molecule has 0 spiro atoms. The van der Waals surface area contributed by atoms with Gasteiger partial charge in [0.1, 0.15) is 0 Å². The molecular formula is C41H42Au2Cl2O8P3-2. The first kappa shape index (κ1) is 54.4. The summed E-state index contributed by atoms with van der Waals surface area (Å²) in [5.74, 6) is 0. The van der Waals surface area contributed by atoms with Crippen LogP contribution in [0.2, 0.25) is 0 Å². The second-order valence-corrected chi connectivity index (χ2v) is 20.9. The number of hydrogen-bond acceptors (Lipinski definition) is 8. The van der Waals surface area contributed by atoms with Gasteiger partial charge in [-0.05, 0) is 73.7 Å². The molecule has 6 rings (SSSR count). The average Bonchev–Trinajstić information content (AvgIpc) is 3.16. The van der Waals surface area contributed by atoms with Crippen molar-refractivity contribution in [1.29, 1.82) is 0 Å². The van der Waals surface area contributed by atoms with Crippen LogP contribution in [0.4, 0.5) is 0 Å². The molecule has 0 atom stereocenters. The molecule has 8 nitrogen and oxygen atoms in total. The Labute approximate surface area is 369 Å². The van der Waals surface area contributed by atoms with Gasteiger partial charge in [-0.3, -0.25) is 0 Å². The Morgan fingerprint density at radius 2 is 0.554 bits per heavy atom. The van der Waals surface area contributed by atoms with Crippen LogP contribution >= 0.6 is 22.4 Å². The van der Waals surface area contributed by atoms with E-state index in [-0.39, 0.29) is 52.7 Å². The summed E-state index contributed by atoms with van der Waals surface area (Å²) >= 11 is 0. The Morgan fingerprint density at radius 1 is 0.411 bits per heavy atom. The molecule has 1 N–H and O–H groups in total. The Balaban J connectivity index is 0.000000712. The van der Waals surface area contributed by atoms with E-state index in [0.717, 1.165) is 0 Å². The van der Waals surface area contributed by atoms with Crippen LogP contribution in [-0.4, -0.2) is 11.3 Å². The minimum Gasteiger partial charge on any atom is -0.222 e. The van der Waals surface area contributed by atoms with Gasteiger partial charge in [-0.25, -0.2) is 18.6 Å². The average molecular weight is 1220 g/mol. The molecule has 0 aliphatic heterocycles. The van der Waals surface area contributed by atoms with Gasteiger partial charge in [-0.1, -0.05) is 133 Å². The summed E-state index contributed by atoms with van der Waals surface area (Å²) in [4.78, 5) is 0. The first-order valence-corrected chi connectivity index (χ1v) is 24.4.